The highest BCUT2D eigenvalue weighted by Crippen LogP contribution is 2.25. The Balaban J connectivity index is 1.73. The molecule has 1 aliphatic heterocycles. The van der Waals surface area contributed by atoms with Crippen LogP contribution in [0.1, 0.15) is 22.3 Å². The first-order valence-electron chi connectivity index (χ1n) is 6.42. The maximum Gasteiger partial charge on any atom is 0.0244 e. The SMILES string of the molecule is NCc1ccc2c(c1)CN(Cc1ccccc1)C2. The van der Waals surface area contributed by atoms with Crippen LogP contribution in [-0.2, 0) is 26.2 Å². The molecule has 1 aliphatic rings. The first-order valence-corrected chi connectivity index (χ1v) is 6.42. The Labute approximate surface area is 108 Å². The molecule has 0 aromatic heterocycles. The van der Waals surface area contributed by atoms with Crippen LogP contribution in [0.3, 0.4) is 0 Å². The molecule has 2 nitrogen and oxygen atoms in total. The fourth-order valence-corrected chi connectivity index (χ4v) is 2.60. The summed E-state index contributed by atoms with van der Waals surface area (Å²) in [5.41, 5.74) is 11.2. The third-order valence-electron chi connectivity index (χ3n) is 3.54. The summed E-state index contributed by atoms with van der Waals surface area (Å²) >= 11 is 0. The minimum atomic E-state index is 0.631. The van der Waals surface area contributed by atoms with E-state index in [4.69, 9.17) is 5.73 Å². The molecule has 2 N–H and O–H groups in total. The molecule has 0 atom stereocenters. The van der Waals surface area contributed by atoms with Gasteiger partial charge in [-0.25, -0.2) is 0 Å². The van der Waals surface area contributed by atoms with Crippen LogP contribution in [0.15, 0.2) is 48.5 Å². The molecule has 0 amide bonds. The summed E-state index contributed by atoms with van der Waals surface area (Å²) in [7, 11) is 0. The van der Waals surface area contributed by atoms with Crippen molar-refractivity contribution in [3.8, 4) is 0 Å². The van der Waals surface area contributed by atoms with Crippen LogP contribution >= 0.6 is 0 Å². The third-order valence-corrected chi connectivity index (χ3v) is 3.54. The zero-order chi connectivity index (χ0) is 12.4. The predicted octanol–water partition coefficient (Wildman–Crippen LogP) is 2.66. The molecule has 18 heavy (non-hydrogen) atoms. The van der Waals surface area contributed by atoms with E-state index in [1.807, 2.05) is 0 Å². The highest BCUT2D eigenvalue weighted by molar-refractivity contribution is 5.35. The molecule has 0 spiro atoms. The maximum atomic E-state index is 5.69. The molecule has 1 heterocycles. The summed E-state index contributed by atoms with van der Waals surface area (Å²) in [4.78, 5) is 2.47. The number of benzene rings is 2. The lowest BCUT2D eigenvalue weighted by atomic mass is 10.1. The molecule has 0 aliphatic carbocycles. The molecule has 0 radical (unpaired) electrons. The number of nitrogens with zero attached hydrogens (tertiary/aromatic N) is 1. The third kappa shape index (κ3) is 2.30. The normalized spacial score (nSPS) is 14.7. The van der Waals surface area contributed by atoms with Gasteiger partial charge in [0.25, 0.3) is 0 Å². The highest BCUT2D eigenvalue weighted by atomic mass is 15.1. The molecule has 92 valence electrons. The van der Waals surface area contributed by atoms with Gasteiger partial charge in [-0.05, 0) is 22.3 Å². The fraction of sp³-hybridized carbons (Fsp3) is 0.250. The van der Waals surface area contributed by atoms with Gasteiger partial charge in [-0.3, -0.25) is 4.90 Å². The molecule has 0 bridgehead atoms. The Bertz CT molecular complexity index is 534. The van der Waals surface area contributed by atoms with E-state index in [1.165, 1.54) is 22.3 Å². The molecular weight excluding hydrogens is 220 g/mol. The van der Waals surface area contributed by atoms with E-state index in [-0.39, 0.29) is 0 Å². The van der Waals surface area contributed by atoms with Gasteiger partial charge in [0.15, 0.2) is 0 Å². The van der Waals surface area contributed by atoms with E-state index >= 15 is 0 Å². The lowest BCUT2D eigenvalue weighted by molar-refractivity contribution is 0.275. The van der Waals surface area contributed by atoms with Gasteiger partial charge >= 0.3 is 0 Å². The highest BCUT2D eigenvalue weighted by Gasteiger charge is 2.18. The van der Waals surface area contributed by atoms with E-state index in [9.17, 15) is 0 Å². The summed E-state index contributed by atoms with van der Waals surface area (Å²) in [6.45, 7) is 3.74. The summed E-state index contributed by atoms with van der Waals surface area (Å²) in [5.74, 6) is 0. The monoisotopic (exact) mass is 238 g/mol. The van der Waals surface area contributed by atoms with Crippen molar-refractivity contribution >= 4 is 0 Å². The molecule has 2 aromatic carbocycles. The van der Waals surface area contributed by atoms with Crippen LogP contribution in [0.2, 0.25) is 0 Å². The average molecular weight is 238 g/mol. The van der Waals surface area contributed by atoms with Crippen LogP contribution in [-0.4, -0.2) is 4.90 Å². The summed E-state index contributed by atoms with van der Waals surface area (Å²) in [5, 5.41) is 0. The number of hydrogen-bond donors (Lipinski definition) is 1. The topological polar surface area (TPSA) is 29.3 Å². The van der Waals surface area contributed by atoms with Gasteiger partial charge in [-0.1, -0.05) is 48.5 Å². The number of fused-ring (bicyclic) bond motifs is 1. The summed E-state index contributed by atoms with van der Waals surface area (Å²) in [6.07, 6.45) is 0. The van der Waals surface area contributed by atoms with E-state index in [0.29, 0.717) is 6.54 Å². The molecule has 2 heteroatoms. The molecule has 0 saturated heterocycles. The number of rotatable bonds is 3. The minimum absolute atomic E-state index is 0.631. The van der Waals surface area contributed by atoms with E-state index in [0.717, 1.165) is 19.6 Å². The summed E-state index contributed by atoms with van der Waals surface area (Å²) in [6, 6.07) is 17.3. The Morgan fingerprint density at radius 2 is 1.67 bits per heavy atom. The van der Waals surface area contributed by atoms with E-state index < -0.39 is 0 Å². The van der Waals surface area contributed by atoms with Gasteiger partial charge in [-0.2, -0.15) is 0 Å². The second-order valence-electron chi connectivity index (χ2n) is 4.94. The number of nitrogens with two attached hydrogens (primary N) is 1. The van der Waals surface area contributed by atoms with Crippen molar-refractivity contribution in [2.75, 3.05) is 0 Å². The van der Waals surface area contributed by atoms with E-state index in [2.05, 4.69) is 53.4 Å². The van der Waals surface area contributed by atoms with Gasteiger partial charge in [0.1, 0.15) is 0 Å². The van der Waals surface area contributed by atoms with Crippen molar-refractivity contribution in [1.29, 1.82) is 0 Å². The Kier molecular flexibility index (Phi) is 3.13. The molecule has 2 aromatic rings. The minimum Gasteiger partial charge on any atom is -0.326 e. The van der Waals surface area contributed by atoms with Crippen molar-refractivity contribution in [3.05, 3.63) is 70.8 Å². The van der Waals surface area contributed by atoms with Gasteiger partial charge in [0.05, 0.1) is 0 Å². The zero-order valence-electron chi connectivity index (χ0n) is 10.5. The second kappa shape index (κ2) is 4.92. The summed E-state index contributed by atoms with van der Waals surface area (Å²) < 4.78 is 0. The first-order chi connectivity index (χ1) is 8.85. The Morgan fingerprint density at radius 3 is 2.44 bits per heavy atom. The maximum absolute atomic E-state index is 5.69. The van der Waals surface area contributed by atoms with Gasteiger partial charge in [0.2, 0.25) is 0 Å². The molecule has 0 saturated carbocycles. The van der Waals surface area contributed by atoms with Crippen LogP contribution in [0, 0.1) is 0 Å². The van der Waals surface area contributed by atoms with Crippen molar-refractivity contribution < 1.29 is 0 Å². The second-order valence-corrected chi connectivity index (χ2v) is 4.94. The van der Waals surface area contributed by atoms with Crippen LogP contribution in [0.4, 0.5) is 0 Å². The number of hydrogen-bond acceptors (Lipinski definition) is 2. The van der Waals surface area contributed by atoms with Crippen LogP contribution in [0.5, 0.6) is 0 Å². The predicted molar refractivity (Wildman–Crippen MR) is 73.7 cm³/mol. The van der Waals surface area contributed by atoms with Crippen LogP contribution < -0.4 is 5.73 Å². The molecule has 3 rings (SSSR count). The van der Waals surface area contributed by atoms with Crippen molar-refractivity contribution in [2.24, 2.45) is 5.73 Å². The fourth-order valence-electron chi connectivity index (χ4n) is 2.60. The smallest absolute Gasteiger partial charge is 0.0244 e. The Morgan fingerprint density at radius 1 is 0.889 bits per heavy atom. The first kappa shape index (κ1) is 11.5. The lowest BCUT2D eigenvalue weighted by Gasteiger charge is -2.14. The Hall–Kier alpha value is -1.64. The van der Waals surface area contributed by atoms with Crippen molar-refractivity contribution in [1.82, 2.24) is 4.90 Å². The average Bonchev–Trinajstić information content (AvgIpc) is 2.80. The van der Waals surface area contributed by atoms with Crippen molar-refractivity contribution in [2.45, 2.75) is 26.2 Å². The van der Waals surface area contributed by atoms with Gasteiger partial charge in [-0.15, -0.1) is 0 Å². The largest absolute Gasteiger partial charge is 0.326 e. The molecule has 0 fully saturated rings. The van der Waals surface area contributed by atoms with Crippen LogP contribution in [0.25, 0.3) is 0 Å². The van der Waals surface area contributed by atoms with E-state index in [1.54, 1.807) is 0 Å². The molecule has 0 unspecified atom stereocenters. The quantitative estimate of drug-likeness (QED) is 0.890. The van der Waals surface area contributed by atoms with Gasteiger partial charge in [0, 0.05) is 26.2 Å². The zero-order valence-corrected chi connectivity index (χ0v) is 10.5. The van der Waals surface area contributed by atoms with Crippen molar-refractivity contribution in [3.63, 3.8) is 0 Å². The standard InChI is InChI=1S/C16H18N2/c17-9-14-6-7-15-11-18(12-16(15)8-14)10-13-4-2-1-3-5-13/h1-8H,9-12,17H2. The molecular formula is C16H18N2. The lowest BCUT2D eigenvalue weighted by Crippen LogP contribution is -2.15. The van der Waals surface area contributed by atoms with Gasteiger partial charge < -0.3 is 5.73 Å².